The van der Waals surface area contributed by atoms with Crippen LogP contribution in [0.1, 0.15) is 367 Å². The van der Waals surface area contributed by atoms with Gasteiger partial charge in [0.05, 0.1) is 25.4 Å². The first-order valence-electron chi connectivity index (χ1n) is 33.1. The maximum atomic E-state index is 12.5. The summed E-state index contributed by atoms with van der Waals surface area (Å²) in [6.45, 7) is 4.91. The number of aliphatic hydroxyl groups excluding tert-OH is 2. The molecule has 2 unspecified atom stereocenters. The molecule has 6 nitrogen and oxygen atoms in total. The highest BCUT2D eigenvalue weighted by Gasteiger charge is 2.20. The zero-order valence-electron chi connectivity index (χ0n) is 49.4. The number of carbonyl (C=O) groups excluding carboxylic acids is 2. The molecular weight excluding hydrogens is 899 g/mol. The van der Waals surface area contributed by atoms with Gasteiger partial charge in [0, 0.05) is 12.8 Å². The average molecular weight is 1030 g/mol. The molecule has 0 bridgehead atoms. The Bertz CT molecular complexity index is 1140. The Morgan fingerprint density at radius 2 is 0.712 bits per heavy atom. The molecule has 432 valence electrons. The number of unbranched alkanes of at least 4 members (excludes halogenated alkanes) is 47. The van der Waals surface area contributed by atoms with Crippen LogP contribution in [0.5, 0.6) is 0 Å². The molecule has 2 atom stereocenters. The third-order valence-corrected chi connectivity index (χ3v) is 15.5. The van der Waals surface area contributed by atoms with Gasteiger partial charge in [0.1, 0.15) is 0 Å². The predicted octanol–water partition coefficient (Wildman–Crippen LogP) is 21.0. The third-order valence-electron chi connectivity index (χ3n) is 15.5. The molecule has 0 spiro atoms. The normalized spacial score (nSPS) is 12.7. The number of allylic oxidation sites excluding steroid dienone is 4. The van der Waals surface area contributed by atoms with Gasteiger partial charge in [-0.3, -0.25) is 9.59 Å². The lowest BCUT2D eigenvalue weighted by Gasteiger charge is -2.22. The first-order valence-corrected chi connectivity index (χ1v) is 33.1. The highest BCUT2D eigenvalue weighted by Crippen LogP contribution is 2.19. The van der Waals surface area contributed by atoms with E-state index in [0.29, 0.717) is 25.9 Å². The van der Waals surface area contributed by atoms with Crippen LogP contribution in [0.3, 0.4) is 0 Å². The number of amides is 1. The van der Waals surface area contributed by atoms with Crippen molar-refractivity contribution in [2.24, 2.45) is 0 Å². The van der Waals surface area contributed by atoms with E-state index in [1.54, 1.807) is 0 Å². The Hall–Kier alpha value is -1.66. The number of hydrogen-bond acceptors (Lipinski definition) is 5. The second-order valence-electron chi connectivity index (χ2n) is 22.8. The molecule has 0 saturated carbocycles. The number of hydrogen-bond donors (Lipinski definition) is 3. The van der Waals surface area contributed by atoms with Crippen molar-refractivity contribution in [3.63, 3.8) is 0 Å². The monoisotopic (exact) mass is 1030 g/mol. The van der Waals surface area contributed by atoms with Crippen molar-refractivity contribution >= 4 is 11.9 Å². The van der Waals surface area contributed by atoms with Crippen LogP contribution in [0.4, 0.5) is 0 Å². The minimum Gasteiger partial charge on any atom is -0.466 e. The number of rotatable bonds is 62. The summed E-state index contributed by atoms with van der Waals surface area (Å²) in [5, 5.41) is 23.4. The molecule has 1 amide bonds. The molecule has 0 fully saturated rings. The minimum atomic E-state index is -0.665. The lowest BCUT2D eigenvalue weighted by atomic mass is 10.0. The number of nitrogens with one attached hydrogen (secondary N) is 1. The maximum absolute atomic E-state index is 12.5. The molecule has 0 aliphatic rings. The quantitative estimate of drug-likeness (QED) is 0.0320. The van der Waals surface area contributed by atoms with Crippen LogP contribution in [-0.4, -0.2) is 47.4 Å². The molecule has 0 aromatic carbocycles. The van der Waals surface area contributed by atoms with Crippen molar-refractivity contribution in [1.29, 1.82) is 0 Å². The van der Waals surface area contributed by atoms with Crippen molar-refractivity contribution < 1.29 is 24.5 Å². The Balaban J connectivity index is 3.38. The van der Waals surface area contributed by atoms with E-state index in [2.05, 4.69) is 43.5 Å². The lowest BCUT2D eigenvalue weighted by Crippen LogP contribution is -2.45. The van der Waals surface area contributed by atoms with Gasteiger partial charge in [-0.25, -0.2) is 0 Å². The van der Waals surface area contributed by atoms with Crippen molar-refractivity contribution in [2.75, 3.05) is 13.2 Å². The molecule has 0 aromatic rings. The molecular formula is C67H129NO5. The van der Waals surface area contributed by atoms with Crippen LogP contribution in [0.2, 0.25) is 0 Å². The van der Waals surface area contributed by atoms with Crippen molar-refractivity contribution in [3.8, 4) is 0 Å². The van der Waals surface area contributed by atoms with E-state index in [4.69, 9.17) is 4.74 Å². The summed E-state index contributed by atoms with van der Waals surface area (Å²) in [4.78, 5) is 24.6. The van der Waals surface area contributed by atoms with E-state index in [1.165, 1.54) is 283 Å². The predicted molar refractivity (Wildman–Crippen MR) is 320 cm³/mol. The molecule has 73 heavy (non-hydrogen) atoms. The SMILES string of the molecule is CCC/C=C\C/C=C\CCCCCCCC(=O)OCCCCCCCCCCCCCCCCCCCCCCCCCC(=O)NC(CO)C(O)CCCCCCCCCCCCCCCCCCCCCC. The van der Waals surface area contributed by atoms with Gasteiger partial charge in [0.15, 0.2) is 0 Å². The molecule has 3 N–H and O–H groups in total. The fourth-order valence-electron chi connectivity index (χ4n) is 10.4. The third kappa shape index (κ3) is 59.4. The van der Waals surface area contributed by atoms with Gasteiger partial charge in [-0.2, -0.15) is 0 Å². The average Bonchev–Trinajstić information content (AvgIpc) is 3.39. The Morgan fingerprint density at radius 3 is 1.10 bits per heavy atom. The molecule has 0 aliphatic carbocycles. The number of aliphatic hydroxyl groups is 2. The van der Waals surface area contributed by atoms with E-state index in [1.807, 2.05) is 0 Å². The second-order valence-corrected chi connectivity index (χ2v) is 22.8. The van der Waals surface area contributed by atoms with Crippen molar-refractivity contribution in [3.05, 3.63) is 24.3 Å². The zero-order valence-corrected chi connectivity index (χ0v) is 49.4. The number of ether oxygens (including phenoxy) is 1. The van der Waals surface area contributed by atoms with Gasteiger partial charge >= 0.3 is 5.97 Å². The van der Waals surface area contributed by atoms with Crippen molar-refractivity contribution in [1.82, 2.24) is 5.32 Å². The molecule has 0 aromatic heterocycles. The van der Waals surface area contributed by atoms with Gasteiger partial charge in [0.25, 0.3) is 0 Å². The van der Waals surface area contributed by atoms with Gasteiger partial charge in [0.2, 0.25) is 5.91 Å². The first kappa shape index (κ1) is 71.3. The summed E-state index contributed by atoms with van der Waals surface area (Å²) < 4.78 is 5.47. The fourth-order valence-corrected chi connectivity index (χ4v) is 10.4. The Morgan fingerprint density at radius 1 is 0.384 bits per heavy atom. The number of esters is 1. The first-order chi connectivity index (χ1) is 36.0. The van der Waals surface area contributed by atoms with E-state index in [-0.39, 0.29) is 18.5 Å². The van der Waals surface area contributed by atoms with Gasteiger partial charge < -0.3 is 20.3 Å². The topological polar surface area (TPSA) is 95.9 Å². The highest BCUT2D eigenvalue weighted by molar-refractivity contribution is 5.76. The summed E-state index contributed by atoms with van der Waals surface area (Å²) in [6.07, 6.45) is 77.7. The molecule has 0 saturated heterocycles. The summed E-state index contributed by atoms with van der Waals surface area (Å²) in [7, 11) is 0. The van der Waals surface area contributed by atoms with Crippen molar-refractivity contribution in [2.45, 2.75) is 379 Å². The largest absolute Gasteiger partial charge is 0.466 e. The molecule has 0 radical (unpaired) electrons. The van der Waals surface area contributed by atoms with E-state index in [9.17, 15) is 19.8 Å². The summed E-state index contributed by atoms with van der Waals surface area (Å²) in [5.74, 6) is -0.0311. The van der Waals surface area contributed by atoms with E-state index in [0.717, 1.165) is 51.4 Å². The van der Waals surface area contributed by atoms with Gasteiger partial charge in [-0.15, -0.1) is 0 Å². The molecule has 0 aliphatic heterocycles. The smallest absolute Gasteiger partial charge is 0.305 e. The molecule has 0 heterocycles. The fraction of sp³-hybridized carbons (Fsp3) is 0.910. The maximum Gasteiger partial charge on any atom is 0.305 e. The molecule has 6 heteroatoms. The Kier molecular flexibility index (Phi) is 61.4. The molecule has 0 rings (SSSR count). The highest BCUT2D eigenvalue weighted by atomic mass is 16.5. The second kappa shape index (κ2) is 62.9. The minimum absolute atomic E-state index is 0.000311. The summed E-state index contributed by atoms with van der Waals surface area (Å²) in [5.41, 5.74) is 0. The lowest BCUT2D eigenvalue weighted by molar-refractivity contribution is -0.143. The van der Waals surface area contributed by atoms with Crippen LogP contribution in [0.15, 0.2) is 24.3 Å². The van der Waals surface area contributed by atoms with Gasteiger partial charge in [-0.1, -0.05) is 327 Å². The van der Waals surface area contributed by atoms with Crippen LogP contribution in [0.25, 0.3) is 0 Å². The van der Waals surface area contributed by atoms with E-state index < -0.39 is 12.1 Å². The van der Waals surface area contributed by atoms with Crippen LogP contribution < -0.4 is 5.32 Å². The summed E-state index contributed by atoms with van der Waals surface area (Å²) >= 11 is 0. The van der Waals surface area contributed by atoms with Gasteiger partial charge in [-0.05, 0) is 51.4 Å². The van der Waals surface area contributed by atoms with E-state index >= 15 is 0 Å². The standard InChI is InChI=1S/C67H129NO5/c1-3-5-7-9-11-13-15-17-18-19-20-26-29-32-36-39-43-47-51-55-59-65(70)64(63-69)68-66(71)60-56-52-48-44-40-37-33-30-27-24-22-21-23-25-28-31-34-38-42-46-50-54-58-62-73-67(72)61-57-53-49-45-41-35-16-14-12-10-8-6-4-2/h8,10,14,16,64-65,69-70H,3-7,9,11-13,15,17-63H2,1-2H3,(H,68,71)/b10-8-,16-14-. The van der Waals surface area contributed by atoms with Crippen LogP contribution >= 0.6 is 0 Å². The Labute approximate surface area is 456 Å². The van der Waals surface area contributed by atoms with Crippen LogP contribution in [-0.2, 0) is 14.3 Å². The van der Waals surface area contributed by atoms with Crippen LogP contribution in [0, 0.1) is 0 Å². The number of carbonyl (C=O) groups is 2. The summed E-state index contributed by atoms with van der Waals surface area (Å²) in [6, 6.07) is -0.542. The zero-order chi connectivity index (χ0) is 52.9.